The molecular formula is C17H17N3O3. The average Bonchev–Trinajstić information content (AvgIpc) is 2.89. The van der Waals surface area contributed by atoms with E-state index in [-0.39, 0.29) is 12.3 Å². The van der Waals surface area contributed by atoms with Crippen LogP contribution in [0.25, 0.3) is 0 Å². The molecule has 2 N–H and O–H groups in total. The van der Waals surface area contributed by atoms with Crippen LogP contribution in [0, 0.1) is 25.2 Å². The highest BCUT2D eigenvalue weighted by molar-refractivity contribution is 5.96. The zero-order valence-corrected chi connectivity index (χ0v) is 13.0. The predicted octanol–water partition coefficient (Wildman–Crippen LogP) is 2.16. The Bertz CT molecular complexity index is 754. The number of carbonyl (C=O) groups excluding carboxylic acids is 2. The van der Waals surface area contributed by atoms with Crippen LogP contribution in [-0.2, 0) is 11.2 Å². The van der Waals surface area contributed by atoms with Crippen LogP contribution < -0.4 is 10.9 Å². The summed E-state index contributed by atoms with van der Waals surface area (Å²) in [6, 6.07) is 10.7. The van der Waals surface area contributed by atoms with E-state index in [4.69, 9.17) is 9.68 Å². The predicted molar refractivity (Wildman–Crippen MR) is 83.3 cm³/mol. The summed E-state index contributed by atoms with van der Waals surface area (Å²) in [7, 11) is 0. The lowest BCUT2D eigenvalue weighted by Gasteiger charge is -2.07. The highest BCUT2D eigenvalue weighted by Gasteiger charge is 2.14. The second-order valence-corrected chi connectivity index (χ2v) is 5.14. The third-order valence-corrected chi connectivity index (χ3v) is 3.32. The molecule has 0 saturated heterocycles. The molecule has 2 rings (SSSR count). The van der Waals surface area contributed by atoms with Gasteiger partial charge in [0.25, 0.3) is 5.91 Å². The Morgan fingerprint density at radius 1 is 1.17 bits per heavy atom. The van der Waals surface area contributed by atoms with Crippen LogP contribution in [0.15, 0.2) is 34.7 Å². The first-order valence-electron chi connectivity index (χ1n) is 7.15. The lowest BCUT2D eigenvalue weighted by atomic mass is 10.1. The zero-order valence-electron chi connectivity index (χ0n) is 13.0. The van der Waals surface area contributed by atoms with Crippen LogP contribution in [0.3, 0.4) is 0 Å². The molecule has 1 aromatic heterocycles. The number of hydrogen-bond donors (Lipinski definition) is 2. The number of benzene rings is 1. The molecule has 0 radical (unpaired) electrons. The number of rotatable bonds is 4. The molecule has 0 aliphatic rings. The van der Waals surface area contributed by atoms with Crippen molar-refractivity contribution < 1.29 is 14.0 Å². The third kappa shape index (κ3) is 4.45. The molecule has 6 heteroatoms. The smallest absolute Gasteiger partial charge is 0.273 e. The lowest BCUT2D eigenvalue weighted by Crippen LogP contribution is -2.41. The molecule has 0 aliphatic carbocycles. The van der Waals surface area contributed by atoms with Crippen LogP contribution >= 0.6 is 0 Å². The van der Waals surface area contributed by atoms with Gasteiger partial charge in [0, 0.05) is 6.42 Å². The van der Waals surface area contributed by atoms with Gasteiger partial charge in [0.05, 0.1) is 17.2 Å². The highest BCUT2D eigenvalue weighted by atomic mass is 16.3. The topological polar surface area (TPSA) is 95.1 Å². The van der Waals surface area contributed by atoms with Crippen molar-refractivity contribution in [1.82, 2.24) is 10.9 Å². The molecule has 1 heterocycles. The maximum Gasteiger partial charge on any atom is 0.273 e. The van der Waals surface area contributed by atoms with Crippen LogP contribution in [0.4, 0.5) is 0 Å². The Hall–Kier alpha value is -3.07. The molecule has 2 aromatic rings. The van der Waals surface area contributed by atoms with E-state index in [1.807, 2.05) is 18.2 Å². The molecule has 0 aliphatic heterocycles. The first kappa shape index (κ1) is 16.3. The summed E-state index contributed by atoms with van der Waals surface area (Å²) in [6.45, 7) is 3.44. The Labute approximate surface area is 134 Å². The van der Waals surface area contributed by atoms with Crippen molar-refractivity contribution in [2.75, 3.05) is 0 Å². The average molecular weight is 311 g/mol. The standard InChI is InChI=1S/C17H17N3O3/c1-11-9-15(12(2)23-11)17(22)20-19-16(21)8-7-13-3-5-14(10-18)6-4-13/h3-6,9H,7-8H2,1-2H3,(H,19,21)(H,20,22). The fourth-order valence-electron chi connectivity index (χ4n) is 2.12. The van der Waals surface area contributed by atoms with Crippen molar-refractivity contribution in [3.8, 4) is 6.07 Å². The molecule has 0 spiro atoms. The van der Waals surface area contributed by atoms with E-state index in [2.05, 4.69) is 10.9 Å². The molecule has 0 saturated carbocycles. The van der Waals surface area contributed by atoms with E-state index in [0.29, 0.717) is 29.1 Å². The Balaban J connectivity index is 1.79. The lowest BCUT2D eigenvalue weighted by molar-refractivity contribution is -0.121. The van der Waals surface area contributed by atoms with Crippen molar-refractivity contribution in [3.63, 3.8) is 0 Å². The van der Waals surface area contributed by atoms with E-state index in [9.17, 15) is 9.59 Å². The van der Waals surface area contributed by atoms with Gasteiger partial charge in [-0.15, -0.1) is 0 Å². The second kappa shape index (κ2) is 7.27. The van der Waals surface area contributed by atoms with Gasteiger partial charge in [0.1, 0.15) is 11.5 Å². The fourth-order valence-corrected chi connectivity index (χ4v) is 2.12. The third-order valence-electron chi connectivity index (χ3n) is 3.32. The first-order chi connectivity index (χ1) is 11.0. The van der Waals surface area contributed by atoms with Gasteiger partial charge in [0.2, 0.25) is 5.91 Å². The summed E-state index contributed by atoms with van der Waals surface area (Å²) in [6.07, 6.45) is 0.757. The molecule has 0 bridgehead atoms. The number of aryl methyl sites for hydroxylation is 3. The molecule has 1 aromatic carbocycles. The van der Waals surface area contributed by atoms with E-state index in [0.717, 1.165) is 5.56 Å². The number of nitriles is 1. The van der Waals surface area contributed by atoms with Crippen molar-refractivity contribution in [2.45, 2.75) is 26.7 Å². The van der Waals surface area contributed by atoms with E-state index in [1.165, 1.54) is 0 Å². The van der Waals surface area contributed by atoms with Crippen molar-refractivity contribution in [3.05, 3.63) is 58.5 Å². The molecular weight excluding hydrogens is 294 g/mol. The van der Waals surface area contributed by atoms with Gasteiger partial charge >= 0.3 is 0 Å². The molecule has 0 fully saturated rings. The number of nitrogens with zero attached hydrogens (tertiary/aromatic N) is 1. The number of carbonyl (C=O) groups is 2. The first-order valence-corrected chi connectivity index (χ1v) is 7.15. The normalized spacial score (nSPS) is 9.96. The minimum Gasteiger partial charge on any atom is -0.466 e. The quantitative estimate of drug-likeness (QED) is 0.846. The van der Waals surface area contributed by atoms with Crippen molar-refractivity contribution in [2.24, 2.45) is 0 Å². The summed E-state index contributed by atoms with van der Waals surface area (Å²) in [5, 5.41) is 8.72. The van der Waals surface area contributed by atoms with Crippen molar-refractivity contribution in [1.29, 1.82) is 5.26 Å². The van der Waals surface area contributed by atoms with Gasteiger partial charge in [-0.1, -0.05) is 12.1 Å². The summed E-state index contributed by atoms with van der Waals surface area (Å²) in [4.78, 5) is 23.7. The number of nitrogens with one attached hydrogen (secondary N) is 2. The Morgan fingerprint density at radius 2 is 1.87 bits per heavy atom. The number of hydrazine groups is 1. The molecule has 0 unspecified atom stereocenters. The summed E-state index contributed by atoms with van der Waals surface area (Å²) >= 11 is 0. The summed E-state index contributed by atoms with van der Waals surface area (Å²) in [5.41, 5.74) is 6.67. The molecule has 6 nitrogen and oxygen atoms in total. The van der Waals surface area contributed by atoms with Gasteiger partial charge in [-0.3, -0.25) is 20.4 Å². The van der Waals surface area contributed by atoms with Crippen molar-refractivity contribution >= 4 is 11.8 Å². The largest absolute Gasteiger partial charge is 0.466 e. The summed E-state index contributed by atoms with van der Waals surface area (Å²) in [5.74, 6) is 0.443. The number of hydrogen-bond acceptors (Lipinski definition) is 4. The van der Waals surface area contributed by atoms with Crippen LogP contribution in [-0.4, -0.2) is 11.8 Å². The van der Waals surface area contributed by atoms with Gasteiger partial charge in [0.15, 0.2) is 0 Å². The molecule has 2 amide bonds. The minimum absolute atomic E-state index is 0.232. The van der Waals surface area contributed by atoms with E-state index < -0.39 is 5.91 Å². The van der Waals surface area contributed by atoms with Crippen LogP contribution in [0.5, 0.6) is 0 Å². The highest BCUT2D eigenvalue weighted by Crippen LogP contribution is 2.13. The van der Waals surface area contributed by atoms with Crippen LogP contribution in [0.2, 0.25) is 0 Å². The number of furan rings is 1. The second-order valence-electron chi connectivity index (χ2n) is 5.14. The summed E-state index contributed by atoms with van der Waals surface area (Å²) < 4.78 is 5.27. The minimum atomic E-state index is -0.411. The maximum absolute atomic E-state index is 11.9. The van der Waals surface area contributed by atoms with E-state index >= 15 is 0 Å². The molecule has 118 valence electrons. The maximum atomic E-state index is 11.9. The molecule has 0 atom stereocenters. The van der Waals surface area contributed by atoms with Gasteiger partial charge in [-0.05, 0) is 44.0 Å². The Kier molecular flexibility index (Phi) is 5.15. The number of amides is 2. The zero-order chi connectivity index (χ0) is 16.8. The molecule has 23 heavy (non-hydrogen) atoms. The SMILES string of the molecule is Cc1cc(C(=O)NNC(=O)CCc2ccc(C#N)cc2)c(C)o1. The fraction of sp³-hybridized carbons (Fsp3) is 0.235. The van der Waals surface area contributed by atoms with E-state index in [1.54, 1.807) is 32.0 Å². The van der Waals surface area contributed by atoms with Gasteiger partial charge < -0.3 is 4.42 Å². The van der Waals surface area contributed by atoms with Gasteiger partial charge in [-0.25, -0.2) is 0 Å². The monoisotopic (exact) mass is 311 g/mol. The van der Waals surface area contributed by atoms with Gasteiger partial charge in [-0.2, -0.15) is 5.26 Å². The van der Waals surface area contributed by atoms with Crippen LogP contribution in [0.1, 0.15) is 39.4 Å². The Morgan fingerprint density at radius 3 is 2.43 bits per heavy atom.